The molecule has 0 aromatic heterocycles. The molecule has 1 aliphatic rings. The first-order chi connectivity index (χ1) is 8.54. The van der Waals surface area contributed by atoms with Gasteiger partial charge in [0.1, 0.15) is 0 Å². The second-order valence-corrected chi connectivity index (χ2v) is 4.51. The third-order valence-corrected chi connectivity index (χ3v) is 3.08. The van der Waals surface area contributed by atoms with Crippen LogP contribution in [0.4, 0.5) is 4.79 Å². The van der Waals surface area contributed by atoms with Crippen LogP contribution in [0.25, 0.3) is 0 Å². The molecule has 7 nitrogen and oxygen atoms in total. The topological polar surface area (TPSA) is 110 Å². The molecule has 0 bridgehead atoms. The predicted octanol–water partition coefficient (Wildman–Crippen LogP) is -0.764. The number of aliphatic hydroxyl groups excluding tert-OH is 2. The fraction of sp³-hybridized carbons (Fsp3) is 0.818. The summed E-state index contributed by atoms with van der Waals surface area (Å²) in [6.45, 7) is 1.000. The van der Waals surface area contributed by atoms with E-state index in [1.54, 1.807) is 4.90 Å². The number of nitrogens with one attached hydrogen (secondary N) is 1. The van der Waals surface area contributed by atoms with Crippen LogP contribution >= 0.6 is 0 Å². The Hall–Kier alpha value is -1.34. The molecular formula is C11H20N2O5. The van der Waals surface area contributed by atoms with Gasteiger partial charge in [-0.1, -0.05) is 0 Å². The molecule has 18 heavy (non-hydrogen) atoms. The molecular weight excluding hydrogens is 240 g/mol. The minimum Gasteiger partial charge on any atom is -0.479 e. The van der Waals surface area contributed by atoms with Crippen molar-refractivity contribution in [2.75, 3.05) is 26.2 Å². The summed E-state index contributed by atoms with van der Waals surface area (Å²) < 4.78 is 0. The molecule has 0 radical (unpaired) electrons. The number of carboxylic acids is 1. The molecule has 1 unspecified atom stereocenters. The van der Waals surface area contributed by atoms with Crippen molar-refractivity contribution in [1.82, 2.24) is 10.2 Å². The Morgan fingerprint density at radius 3 is 2.78 bits per heavy atom. The van der Waals surface area contributed by atoms with Gasteiger partial charge in [-0.15, -0.1) is 0 Å². The summed E-state index contributed by atoms with van der Waals surface area (Å²) in [6, 6.07) is -0.363. The average molecular weight is 260 g/mol. The number of hydrogen-bond donors (Lipinski definition) is 4. The summed E-state index contributed by atoms with van der Waals surface area (Å²) in [7, 11) is 0. The second-order valence-electron chi connectivity index (χ2n) is 4.51. The third-order valence-electron chi connectivity index (χ3n) is 3.08. The van der Waals surface area contributed by atoms with Crippen LogP contribution in [0.3, 0.4) is 0 Å². The van der Waals surface area contributed by atoms with Crippen molar-refractivity contribution in [3.8, 4) is 0 Å². The Morgan fingerprint density at radius 2 is 2.17 bits per heavy atom. The molecule has 7 heteroatoms. The summed E-state index contributed by atoms with van der Waals surface area (Å²) in [5, 5.41) is 28.8. The van der Waals surface area contributed by atoms with Crippen molar-refractivity contribution in [1.29, 1.82) is 0 Å². The van der Waals surface area contributed by atoms with Gasteiger partial charge < -0.3 is 25.5 Å². The fourth-order valence-electron chi connectivity index (χ4n) is 2.05. The molecule has 0 spiro atoms. The van der Waals surface area contributed by atoms with Crippen LogP contribution in [-0.4, -0.2) is 64.6 Å². The maximum atomic E-state index is 11.7. The molecule has 4 N–H and O–H groups in total. The highest BCUT2D eigenvalue weighted by Crippen LogP contribution is 2.19. The van der Waals surface area contributed by atoms with Crippen molar-refractivity contribution in [2.45, 2.75) is 25.4 Å². The van der Waals surface area contributed by atoms with E-state index in [4.69, 9.17) is 15.3 Å². The van der Waals surface area contributed by atoms with Gasteiger partial charge in [-0.3, -0.25) is 0 Å². The van der Waals surface area contributed by atoms with Crippen LogP contribution < -0.4 is 5.32 Å². The molecule has 2 amide bonds. The first-order valence-corrected chi connectivity index (χ1v) is 6.09. The van der Waals surface area contributed by atoms with Gasteiger partial charge in [0, 0.05) is 19.7 Å². The molecule has 1 saturated heterocycles. The Morgan fingerprint density at radius 1 is 1.44 bits per heavy atom. The minimum atomic E-state index is -1.58. The lowest BCUT2D eigenvalue weighted by Crippen LogP contribution is -2.48. The number of aliphatic hydroxyl groups is 2. The zero-order chi connectivity index (χ0) is 13.5. The number of likely N-dealkylation sites (tertiary alicyclic amines) is 1. The van der Waals surface area contributed by atoms with E-state index in [1.165, 1.54) is 0 Å². The smallest absolute Gasteiger partial charge is 0.334 e. The Kier molecular flexibility index (Phi) is 5.87. The van der Waals surface area contributed by atoms with Crippen LogP contribution in [0.1, 0.15) is 19.3 Å². The normalized spacial score (nSPS) is 21.4. The van der Waals surface area contributed by atoms with Crippen LogP contribution in [-0.2, 0) is 4.79 Å². The highest BCUT2D eigenvalue weighted by Gasteiger charge is 2.24. The molecule has 2 atom stereocenters. The summed E-state index contributed by atoms with van der Waals surface area (Å²) in [5.41, 5.74) is 0. The van der Waals surface area contributed by atoms with Gasteiger partial charge in [-0.05, 0) is 25.2 Å². The van der Waals surface area contributed by atoms with Crippen molar-refractivity contribution in [2.24, 2.45) is 5.92 Å². The van der Waals surface area contributed by atoms with E-state index in [2.05, 4.69) is 5.32 Å². The lowest BCUT2D eigenvalue weighted by atomic mass is 9.95. The Labute approximate surface area is 105 Å². The molecule has 1 fully saturated rings. The highest BCUT2D eigenvalue weighted by atomic mass is 16.4. The zero-order valence-corrected chi connectivity index (χ0v) is 10.2. The number of amides is 2. The fourth-order valence-corrected chi connectivity index (χ4v) is 2.05. The van der Waals surface area contributed by atoms with Gasteiger partial charge in [0.2, 0.25) is 0 Å². The highest BCUT2D eigenvalue weighted by molar-refractivity contribution is 5.76. The SMILES string of the molecule is O=C(O)[C@@H](O)CNC(=O)N1CCCC(CCO)C1. The van der Waals surface area contributed by atoms with E-state index < -0.39 is 12.1 Å². The van der Waals surface area contributed by atoms with E-state index in [9.17, 15) is 9.59 Å². The molecule has 104 valence electrons. The average Bonchev–Trinajstić information content (AvgIpc) is 2.36. The Balaban J connectivity index is 2.34. The van der Waals surface area contributed by atoms with Crippen LogP contribution in [0.15, 0.2) is 0 Å². The van der Waals surface area contributed by atoms with E-state index in [0.29, 0.717) is 25.4 Å². The van der Waals surface area contributed by atoms with E-state index in [-0.39, 0.29) is 19.2 Å². The number of carbonyl (C=O) groups is 2. The number of carbonyl (C=O) groups excluding carboxylic acids is 1. The van der Waals surface area contributed by atoms with E-state index in [1.807, 2.05) is 0 Å². The Bertz CT molecular complexity index is 295. The molecule has 1 rings (SSSR count). The van der Waals surface area contributed by atoms with Crippen LogP contribution in [0, 0.1) is 5.92 Å². The molecule has 1 aliphatic heterocycles. The summed E-state index contributed by atoms with van der Waals surface area (Å²) in [6.07, 6.45) is 0.954. The lowest BCUT2D eigenvalue weighted by Gasteiger charge is -2.32. The number of nitrogens with zero attached hydrogens (tertiary/aromatic N) is 1. The second kappa shape index (κ2) is 7.17. The van der Waals surface area contributed by atoms with Gasteiger partial charge in [0.15, 0.2) is 6.10 Å². The lowest BCUT2D eigenvalue weighted by molar-refractivity contribution is -0.146. The van der Waals surface area contributed by atoms with Crippen molar-refractivity contribution >= 4 is 12.0 Å². The standard InChI is InChI=1S/C11H20N2O5/c14-5-3-8-2-1-4-13(7-8)11(18)12-6-9(15)10(16)17/h8-9,14-15H,1-7H2,(H,12,18)(H,16,17)/t8?,9-/m0/s1. The van der Waals surface area contributed by atoms with E-state index in [0.717, 1.165) is 12.8 Å². The number of rotatable bonds is 5. The van der Waals surface area contributed by atoms with Gasteiger partial charge in [0.05, 0.1) is 6.54 Å². The zero-order valence-electron chi connectivity index (χ0n) is 10.2. The molecule has 0 aromatic carbocycles. The maximum absolute atomic E-state index is 11.7. The maximum Gasteiger partial charge on any atom is 0.334 e. The number of urea groups is 1. The number of piperidine rings is 1. The van der Waals surface area contributed by atoms with Gasteiger partial charge in [0.25, 0.3) is 0 Å². The minimum absolute atomic E-state index is 0.109. The summed E-state index contributed by atoms with van der Waals surface area (Å²) >= 11 is 0. The molecule has 0 aromatic rings. The first kappa shape index (κ1) is 14.7. The largest absolute Gasteiger partial charge is 0.479 e. The number of carboxylic acid groups (broad SMARTS) is 1. The molecule has 1 heterocycles. The number of aliphatic carboxylic acids is 1. The summed E-state index contributed by atoms with van der Waals surface area (Å²) in [5.74, 6) is -1.06. The first-order valence-electron chi connectivity index (χ1n) is 6.09. The van der Waals surface area contributed by atoms with Crippen LogP contribution in [0.5, 0.6) is 0 Å². The quantitative estimate of drug-likeness (QED) is 0.519. The predicted molar refractivity (Wildman–Crippen MR) is 63.0 cm³/mol. The van der Waals surface area contributed by atoms with Crippen molar-refractivity contribution in [3.05, 3.63) is 0 Å². The monoisotopic (exact) mass is 260 g/mol. The van der Waals surface area contributed by atoms with Gasteiger partial charge in [-0.25, -0.2) is 9.59 Å². The molecule has 0 aliphatic carbocycles. The van der Waals surface area contributed by atoms with Gasteiger partial charge >= 0.3 is 12.0 Å². The van der Waals surface area contributed by atoms with Gasteiger partial charge in [-0.2, -0.15) is 0 Å². The number of hydrogen-bond acceptors (Lipinski definition) is 4. The van der Waals surface area contributed by atoms with Crippen molar-refractivity contribution in [3.63, 3.8) is 0 Å². The van der Waals surface area contributed by atoms with Crippen molar-refractivity contribution < 1.29 is 24.9 Å². The summed E-state index contributed by atoms with van der Waals surface area (Å²) in [4.78, 5) is 23.7. The van der Waals surface area contributed by atoms with Crippen LogP contribution in [0.2, 0.25) is 0 Å². The molecule has 0 saturated carbocycles. The third kappa shape index (κ3) is 4.50. The van der Waals surface area contributed by atoms with E-state index >= 15 is 0 Å².